The molecule has 5 heteroatoms. The zero-order valence-electron chi connectivity index (χ0n) is 14.4. The Kier molecular flexibility index (Phi) is 4.75. The summed E-state index contributed by atoms with van der Waals surface area (Å²) in [5.41, 5.74) is 4.07. The Labute approximate surface area is 146 Å². The Morgan fingerprint density at radius 2 is 1.60 bits per heavy atom. The number of nitrogens with one attached hydrogen (secondary N) is 1. The minimum atomic E-state index is -0.144. The molecule has 2 aromatic carbocycles. The average molecular weight is 333 g/mol. The van der Waals surface area contributed by atoms with Gasteiger partial charge in [-0.25, -0.2) is 9.97 Å². The monoisotopic (exact) mass is 333 g/mol. The van der Waals surface area contributed by atoms with Crippen molar-refractivity contribution in [3.63, 3.8) is 0 Å². The predicted octanol–water partition coefficient (Wildman–Crippen LogP) is 4.45. The van der Waals surface area contributed by atoms with Gasteiger partial charge >= 0.3 is 6.01 Å². The normalized spacial score (nSPS) is 10.4. The molecule has 0 unspecified atom stereocenters. The van der Waals surface area contributed by atoms with Crippen LogP contribution >= 0.6 is 0 Å². The van der Waals surface area contributed by atoms with Crippen molar-refractivity contribution in [2.75, 3.05) is 5.32 Å². The molecule has 0 aliphatic heterocycles. The number of aromatic nitrogens is 2. The van der Waals surface area contributed by atoms with Gasteiger partial charge < -0.3 is 10.1 Å². The van der Waals surface area contributed by atoms with Gasteiger partial charge in [0.15, 0.2) is 0 Å². The summed E-state index contributed by atoms with van der Waals surface area (Å²) in [6.45, 7) is 5.74. The molecule has 1 heterocycles. The van der Waals surface area contributed by atoms with E-state index in [1.165, 1.54) is 0 Å². The Hall–Kier alpha value is -3.21. The molecule has 25 heavy (non-hydrogen) atoms. The third-order valence-electron chi connectivity index (χ3n) is 3.56. The number of nitrogens with zero attached hydrogens (tertiary/aromatic N) is 2. The fraction of sp³-hybridized carbons (Fsp3) is 0.150. The van der Waals surface area contributed by atoms with Gasteiger partial charge in [0, 0.05) is 22.6 Å². The fourth-order valence-corrected chi connectivity index (χ4v) is 2.44. The van der Waals surface area contributed by atoms with E-state index in [-0.39, 0.29) is 5.91 Å². The summed E-state index contributed by atoms with van der Waals surface area (Å²) in [6, 6.07) is 16.8. The lowest BCUT2D eigenvalue weighted by molar-refractivity contribution is 0.102. The van der Waals surface area contributed by atoms with Gasteiger partial charge in [0.25, 0.3) is 5.91 Å². The van der Waals surface area contributed by atoms with Crippen molar-refractivity contribution in [1.82, 2.24) is 9.97 Å². The van der Waals surface area contributed by atoms with E-state index in [1.54, 1.807) is 30.3 Å². The molecular formula is C20H19N3O2. The number of aryl methyl sites for hydroxylation is 3. The molecular weight excluding hydrogens is 314 g/mol. The number of benzene rings is 2. The van der Waals surface area contributed by atoms with Crippen LogP contribution in [0.25, 0.3) is 0 Å². The predicted molar refractivity (Wildman–Crippen MR) is 97.2 cm³/mol. The van der Waals surface area contributed by atoms with Crippen molar-refractivity contribution in [1.29, 1.82) is 0 Å². The summed E-state index contributed by atoms with van der Waals surface area (Å²) in [6.07, 6.45) is 0. The van der Waals surface area contributed by atoms with Crippen LogP contribution in [-0.4, -0.2) is 15.9 Å². The Bertz CT molecular complexity index is 885. The molecule has 0 aliphatic carbocycles. The maximum atomic E-state index is 12.3. The number of anilines is 1. The Morgan fingerprint density at radius 1 is 0.920 bits per heavy atom. The number of amides is 1. The average Bonchev–Trinajstić information content (AvgIpc) is 2.56. The summed E-state index contributed by atoms with van der Waals surface area (Å²) >= 11 is 0. The van der Waals surface area contributed by atoms with Crippen LogP contribution in [0.2, 0.25) is 0 Å². The first kappa shape index (κ1) is 16.6. The third kappa shape index (κ3) is 4.41. The molecule has 0 spiro atoms. The van der Waals surface area contributed by atoms with Crippen LogP contribution in [0.4, 0.5) is 5.69 Å². The van der Waals surface area contributed by atoms with Gasteiger partial charge in [-0.1, -0.05) is 17.7 Å². The largest absolute Gasteiger partial charge is 0.424 e. The molecule has 0 fully saturated rings. The second kappa shape index (κ2) is 7.13. The molecule has 3 aromatic rings. The summed E-state index contributed by atoms with van der Waals surface area (Å²) < 4.78 is 5.67. The second-order valence-corrected chi connectivity index (χ2v) is 5.88. The third-order valence-corrected chi connectivity index (χ3v) is 3.56. The van der Waals surface area contributed by atoms with E-state index >= 15 is 0 Å². The maximum absolute atomic E-state index is 12.3. The first-order valence-electron chi connectivity index (χ1n) is 7.98. The van der Waals surface area contributed by atoms with Crippen LogP contribution in [0.15, 0.2) is 54.6 Å². The molecule has 1 amide bonds. The van der Waals surface area contributed by atoms with E-state index in [4.69, 9.17) is 4.74 Å². The van der Waals surface area contributed by atoms with Gasteiger partial charge in [-0.05, 0) is 63.2 Å². The van der Waals surface area contributed by atoms with Gasteiger partial charge in [0.2, 0.25) is 0 Å². The first-order chi connectivity index (χ1) is 12.0. The van der Waals surface area contributed by atoms with Crippen molar-refractivity contribution in [3.8, 4) is 11.8 Å². The highest BCUT2D eigenvalue weighted by molar-refractivity contribution is 6.04. The number of rotatable bonds is 4. The highest BCUT2D eigenvalue weighted by Gasteiger charge is 2.07. The van der Waals surface area contributed by atoms with Crippen LogP contribution < -0.4 is 10.1 Å². The van der Waals surface area contributed by atoms with Gasteiger partial charge in [-0.3, -0.25) is 4.79 Å². The lowest BCUT2D eigenvalue weighted by Crippen LogP contribution is -2.11. The quantitative estimate of drug-likeness (QED) is 0.766. The summed E-state index contributed by atoms with van der Waals surface area (Å²) in [5, 5.41) is 2.87. The van der Waals surface area contributed by atoms with E-state index in [2.05, 4.69) is 15.3 Å². The van der Waals surface area contributed by atoms with Crippen LogP contribution in [0.5, 0.6) is 11.8 Å². The number of carbonyl (C=O) groups is 1. The number of hydrogen-bond donors (Lipinski definition) is 1. The van der Waals surface area contributed by atoms with Crippen molar-refractivity contribution in [2.45, 2.75) is 20.8 Å². The van der Waals surface area contributed by atoms with Crippen molar-refractivity contribution in [2.24, 2.45) is 0 Å². The topological polar surface area (TPSA) is 64.1 Å². The van der Waals surface area contributed by atoms with E-state index in [0.29, 0.717) is 23.0 Å². The molecule has 0 aliphatic rings. The van der Waals surface area contributed by atoms with E-state index in [0.717, 1.165) is 17.0 Å². The highest BCUT2D eigenvalue weighted by atomic mass is 16.5. The molecule has 0 saturated carbocycles. The number of carbonyl (C=O) groups excluding carboxylic acids is 1. The minimum Gasteiger partial charge on any atom is -0.424 e. The highest BCUT2D eigenvalue weighted by Crippen LogP contribution is 2.21. The summed E-state index contributed by atoms with van der Waals surface area (Å²) in [4.78, 5) is 20.7. The summed E-state index contributed by atoms with van der Waals surface area (Å²) in [7, 11) is 0. The molecule has 1 N–H and O–H groups in total. The smallest absolute Gasteiger partial charge is 0.322 e. The first-order valence-corrected chi connectivity index (χ1v) is 7.98. The molecule has 5 nitrogen and oxygen atoms in total. The van der Waals surface area contributed by atoms with E-state index < -0.39 is 0 Å². The van der Waals surface area contributed by atoms with E-state index in [1.807, 2.05) is 45.0 Å². The minimum absolute atomic E-state index is 0.144. The van der Waals surface area contributed by atoms with Crippen LogP contribution in [0.3, 0.4) is 0 Å². The molecule has 0 atom stereocenters. The fourth-order valence-electron chi connectivity index (χ4n) is 2.44. The number of hydrogen-bond acceptors (Lipinski definition) is 4. The second-order valence-electron chi connectivity index (χ2n) is 5.88. The summed E-state index contributed by atoms with van der Waals surface area (Å²) in [5.74, 6) is 0.466. The zero-order chi connectivity index (χ0) is 17.8. The van der Waals surface area contributed by atoms with Crippen LogP contribution in [0.1, 0.15) is 27.3 Å². The van der Waals surface area contributed by atoms with Crippen LogP contribution in [0, 0.1) is 20.8 Å². The van der Waals surface area contributed by atoms with Gasteiger partial charge in [0.1, 0.15) is 5.75 Å². The lowest BCUT2D eigenvalue weighted by atomic mass is 10.1. The van der Waals surface area contributed by atoms with Gasteiger partial charge in [-0.15, -0.1) is 0 Å². The zero-order valence-corrected chi connectivity index (χ0v) is 14.4. The molecule has 0 saturated heterocycles. The van der Waals surface area contributed by atoms with Crippen molar-refractivity contribution < 1.29 is 9.53 Å². The van der Waals surface area contributed by atoms with Crippen LogP contribution in [-0.2, 0) is 0 Å². The van der Waals surface area contributed by atoms with Gasteiger partial charge in [0.05, 0.1) is 0 Å². The molecule has 0 radical (unpaired) electrons. The number of ether oxygens (including phenoxy) is 1. The standard InChI is InChI=1S/C20H19N3O2/c1-13-5-4-6-16(11-13)19(24)23-17-7-9-18(10-8-17)25-20-21-14(2)12-15(3)22-20/h4-12H,1-3H3,(H,23,24). The molecule has 0 bridgehead atoms. The van der Waals surface area contributed by atoms with Crippen molar-refractivity contribution in [3.05, 3.63) is 77.1 Å². The van der Waals surface area contributed by atoms with Crippen molar-refractivity contribution >= 4 is 11.6 Å². The maximum Gasteiger partial charge on any atom is 0.322 e. The molecule has 3 rings (SSSR count). The SMILES string of the molecule is Cc1cccc(C(=O)Nc2ccc(Oc3nc(C)cc(C)n3)cc2)c1. The Balaban J connectivity index is 1.68. The Morgan fingerprint density at radius 3 is 2.24 bits per heavy atom. The van der Waals surface area contributed by atoms with Gasteiger partial charge in [-0.2, -0.15) is 0 Å². The molecule has 126 valence electrons. The van der Waals surface area contributed by atoms with E-state index in [9.17, 15) is 4.79 Å². The molecule has 1 aromatic heterocycles. The lowest BCUT2D eigenvalue weighted by Gasteiger charge is -2.08.